The fourth-order valence-corrected chi connectivity index (χ4v) is 2.25. The molecule has 2 aromatic carbocycles. The number of nitrogens with one attached hydrogen (secondary N) is 1. The summed E-state index contributed by atoms with van der Waals surface area (Å²) in [7, 11) is 0. The van der Waals surface area contributed by atoms with E-state index in [1.54, 1.807) is 6.92 Å². The summed E-state index contributed by atoms with van der Waals surface area (Å²) in [5.41, 5.74) is 4.32. The van der Waals surface area contributed by atoms with Gasteiger partial charge in [-0.15, -0.1) is 0 Å². The molecule has 0 aliphatic rings. The molecule has 0 bridgehead atoms. The largest absolute Gasteiger partial charge is 0.466 e. The third-order valence-electron chi connectivity index (χ3n) is 3.58. The Bertz CT molecular complexity index is 811. The van der Waals surface area contributed by atoms with Crippen LogP contribution in [0.4, 0.5) is 24.5 Å². The van der Waals surface area contributed by atoms with Crippen molar-refractivity contribution in [3.63, 3.8) is 0 Å². The minimum Gasteiger partial charge on any atom is -0.466 e. The van der Waals surface area contributed by atoms with Crippen LogP contribution < -0.4 is 11.1 Å². The van der Waals surface area contributed by atoms with Crippen LogP contribution in [0.3, 0.4) is 0 Å². The number of hydrogen-bond donors (Lipinski definition) is 2. The molecular formula is C18H17F3N2O3. The lowest BCUT2D eigenvalue weighted by molar-refractivity contribution is -0.142. The number of alkyl halides is 2. The molecule has 1 amide bonds. The van der Waals surface area contributed by atoms with Gasteiger partial charge in [0.05, 0.1) is 18.7 Å². The summed E-state index contributed by atoms with van der Waals surface area (Å²) < 4.78 is 47.7. The van der Waals surface area contributed by atoms with Gasteiger partial charge in [-0.05, 0) is 19.1 Å². The normalized spacial score (nSPS) is 11.1. The van der Waals surface area contributed by atoms with Crippen molar-refractivity contribution < 1.29 is 27.5 Å². The van der Waals surface area contributed by atoms with Gasteiger partial charge < -0.3 is 15.8 Å². The zero-order valence-corrected chi connectivity index (χ0v) is 13.9. The Morgan fingerprint density at radius 2 is 1.81 bits per heavy atom. The molecule has 0 saturated heterocycles. The summed E-state index contributed by atoms with van der Waals surface area (Å²) in [6.07, 6.45) is -0.482. The highest BCUT2D eigenvalue weighted by Crippen LogP contribution is 2.31. The maximum atomic E-state index is 14.5. The number of halogens is 3. The number of amides is 1. The predicted molar refractivity (Wildman–Crippen MR) is 90.1 cm³/mol. The minimum atomic E-state index is -3.86. The summed E-state index contributed by atoms with van der Waals surface area (Å²) >= 11 is 0. The molecule has 3 N–H and O–H groups in total. The van der Waals surface area contributed by atoms with Crippen LogP contribution >= 0.6 is 0 Å². The maximum absolute atomic E-state index is 14.5. The number of benzene rings is 2. The van der Waals surface area contributed by atoms with Gasteiger partial charge in [0.25, 0.3) is 5.91 Å². The van der Waals surface area contributed by atoms with E-state index in [4.69, 9.17) is 10.5 Å². The van der Waals surface area contributed by atoms with E-state index in [-0.39, 0.29) is 17.9 Å². The van der Waals surface area contributed by atoms with E-state index in [0.717, 1.165) is 18.2 Å². The van der Waals surface area contributed by atoms with Crippen LogP contribution in [0.1, 0.15) is 18.1 Å². The van der Waals surface area contributed by atoms with E-state index in [0.29, 0.717) is 0 Å². The van der Waals surface area contributed by atoms with E-state index >= 15 is 0 Å². The van der Waals surface area contributed by atoms with Crippen LogP contribution in [0.5, 0.6) is 0 Å². The molecule has 0 aliphatic carbocycles. The summed E-state index contributed by atoms with van der Waals surface area (Å²) in [6.45, 7) is 1.68. The van der Waals surface area contributed by atoms with E-state index in [1.807, 2.05) is 5.32 Å². The van der Waals surface area contributed by atoms with Crippen molar-refractivity contribution in [1.82, 2.24) is 0 Å². The number of rotatable bonds is 6. The fraction of sp³-hybridized carbons (Fsp3) is 0.222. The lowest BCUT2D eigenvalue weighted by Gasteiger charge is -2.17. The number of carbonyl (C=O) groups excluding carboxylic acids is 2. The standard InChI is InChI=1S/C18H17F3N2O3/c1-2-26-15(24)10-12-13(22)8-9-14(16(12)19)23-17(25)18(20,21)11-6-4-3-5-7-11/h3-9H,2,10,22H2,1H3,(H,23,25). The lowest BCUT2D eigenvalue weighted by Crippen LogP contribution is -2.32. The van der Waals surface area contributed by atoms with E-state index in [1.165, 1.54) is 24.3 Å². The molecule has 0 saturated carbocycles. The van der Waals surface area contributed by atoms with Crippen LogP contribution in [0.25, 0.3) is 0 Å². The maximum Gasteiger partial charge on any atom is 0.350 e. The molecule has 0 radical (unpaired) electrons. The first-order valence-corrected chi connectivity index (χ1v) is 7.74. The van der Waals surface area contributed by atoms with Crippen molar-refractivity contribution >= 4 is 23.3 Å². The first kappa shape index (κ1) is 19.3. The Balaban J connectivity index is 2.27. The zero-order valence-electron chi connectivity index (χ0n) is 13.9. The number of carbonyl (C=O) groups is 2. The zero-order chi connectivity index (χ0) is 19.3. The van der Waals surface area contributed by atoms with E-state index in [9.17, 15) is 22.8 Å². The predicted octanol–water partition coefficient (Wildman–Crippen LogP) is 3.24. The molecule has 0 aromatic heterocycles. The van der Waals surface area contributed by atoms with Crippen molar-refractivity contribution in [2.45, 2.75) is 19.3 Å². The molecule has 2 aromatic rings. The monoisotopic (exact) mass is 366 g/mol. The SMILES string of the molecule is CCOC(=O)Cc1c(N)ccc(NC(=O)C(F)(F)c2ccccc2)c1F. The van der Waals surface area contributed by atoms with Crippen molar-refractivity contribution in [1.29, 1.82) is 0 Å². The third kappa shape index (κ3) is 4.14. The second kappa shape index (κ2) is 7.90. The average Bonchev–Trinajstić information content (AvgIpc) is 2.62. The number of anilines is 2. The molecule has 8 heteroatoms. The van der Waals surface area contributed by atoms with Gasteiger partial charge in [-0.1, -0.05) is 30.3 Å². The summed E-state index contributed by atoms with van der Waals surface area (Å²) in [5, 5.41) is 1.85. The average molecular weight is 366 g/mol. The highest BCUT2D eigenvalue weighted by molar-refractivity contribution is 5.97. The Morgan fingerprint density at radius 1 is 1.15 bits per heavy atom. The van der Waals surface area contributed by atoms with Crippen molar-refractivity contribution in [2.75, 3.05) is 17.7 Å². The second-order valence-corrected chi connectivity index (χ2v) is 5.37. The highest BCUT2D eigenvalue weighted by Gasteiger charge is 2.41. The van der Waals surface area contributed by atoms with Crippen LogP contribution in [0.15, 0.2) is 42.5 Å². The number of esters is 1. The molecule has 0 spiro atoms. The molecule has 0 unspecified atom stereocenters. The van der Waals surface area contributed by atoms with Crippen LogP contribution in [0.2, 0.25) is 0 Å². The summed E-state index contributed by atoms with van der Waals surface area (Å²) in [5.74, 6) is -7.35. The van der Waals surface area contributed by atoms with E-state index < -0.39 is 41.3 Å². The molecule has 0 aliphatic heterocycles. The quantitative estimate of drug-likeness (QED) is 0.607. The second-order valence-electron chi connectivity index (χ2n) is 5.37. The molecule has 26 heavy (non-hydrogen) atoms. The lowest BCUT2D eigenvalue weighted by atomic mass is 10.1. The van der Waals surface area contributed by atoms with Crippen LogP contribution in [-0.4, -0.2) is 18.5 Å². The van der Waals surface area contributed by atoms with Crippen molar-refractivity contribution in [2.24, 2.45) is 0 Å². The molecule has 0 fully saturated rings. The number of hydrogen-bond acceptors (Lipinski definition) is 4. The Morgan fingerprint density at radius 3 is 2.42 bits per heavy atom. The Hall–Kier alpha value is -3.03. The number of nitrogen functional groups attached to an aromatic ring is 1. The number of ether oxygens (including phenoxy) is 1. The third-order valence-corrected chi connectivity index (χ3v) is 3.58. The summed E-state index contributed by atoms with van der Waals surface area (Å²) in [6, 6.07) is 8.69. The van der Waals surface area contributed by atoms with Gasteiger partial charge in [-0.2, -0.15) is 8.78 Å². The molecule has 0 heterocycles. The first-order chi connectivity index (χ1) is 12.3. The van der Waals surface area contributed by atoms with Crippen molar-refractivity contribution in [3.05, 3.63) is 59.4 Å². The van der Waals surface area contributed by atoms with Gasteiger partial charge in [0.2, 0.25) is 0 Å². The van der Waals surface area contributed by atoms with Crippen LogP contribution in [-0.2, 0) is 26.7 Å². The van der Waals surface area contributed by atoms with Crippen LogP contribution in [0, 0.1) is 5.82 Å². The summed E-state index contributed by atoms with van der Waals surface area (Å²) in [4.78, 5) is 23.5. The van der Waals surface area contributed by atoms with Gasteiger partial charge >= 0.3 is 11.9 Å². The van der Waals surface area contributed by atoms with Gasteiger partial charge in [0.1, 0.15) is 0 Å². The molecular weight excluding hydrogens is 349 g/mol. The Kier molecular flexibility index (Phi) is 5.86. The fourth-order valence-electron chi connectivity index (χ4n) is 2.25. The van der Waals surface area contributed by atoms with Gasteiger partial charge in [-0.25, -0.2) is 4.39 Å². The minimum absolute atomic E-state index is 0.0524. The molecule has 2 rings (SSSR count). The topological polar surface area (TPSA) is 81.4 Å². The highest BCUT2D eigenvalue weighted by atomic mass is 19.3. The smallest absolute Gasteiger partial charge is 0.350 e. The van der Waals surface area contributed by atoms with E-state index in [2.05, 4.69) is 0 Å². The van der Waals surface area contributed by atoms with Gasteiger partial charge in [0.15, 0.2) is 5.82 Å². The number of nitrogens with two attached hydrogens (primary N) is 1. The van der Waals surface area contributed by atoms with Gasteiger partial charge in [-0.3, -0.25) is 9.59 Å². The first-order valence-electron chi connectivity index (χ1n) is 7.74. The van der Waals surface area contributed by atoms with Crippen molar-refractivity contribution in [3.8, 4) is 0 Å². The Labute approximate surface area is 148 Å². The molecule has 0 atom stereocenters. The molecule has 5 nitrogen and oxygen atoms in total. The van der Waals surface area contributed by atoms with Gasteiger partial charge in [0, 0.05) is 16.8 Å². The molecule has 138 valence electrons.